The second kappa shape index (κ2) is 16.5. The molecule has 0 unspecified atom stereocenters. The minimum absolute atomic E-state index is 0. The molecule has 0 aliphatic carbocycles. The number of aryl methyl sites for hydroxylation is 2. The third-order valence-corrected chi connectivity index (χ3v) is 2.94. The van der Waals surface area contributed by atoms with Crippen LogP contribution >= 0.6 is 24.8 Å². The molecule has 0 aromatic heterocycles. The summed E-state index contributed by atoms with van der Waals surface area (Å²) in [6.45, 7) is 9.90. The smallest absolute Gasteiger partial charge is 0.171 e. The maximum Gasteiger partial charge on any atom is -0.171 e. The van der Waals surface area contributed by atoms with Crippen LogP contribution in [-0.4, -0.2) is 11.1 Å². The standard InChI is InChI=1S/C11H11.C6H5.C4H10N.B.2ClH.Ti/c1-8-7-10-5-3-4-6-11(10)9(8)2;1-2-4-6-5-3-1;1-4(2,3)5;;;;/h3-7H,1-2H3;1-5H;5H,1-3H3;;2*1H;/q3*-1;;;;. The van der Waals surface area contributed by atoms with Crippen LogP contribution in [-0.2, 0) is 19.8 Å². The number of halogens is 2. The summed E-state index contributed by atoms with van der Waals surface area (Å²) in [5.41, 5.74) is 14.0. The molecule has 1 radical (unpaired) electrons. The Hall–Kier alpha value is -0.631. The van der Waals surface area contributed by atoms with Gasteiger partial charge in [0, 0.05) is 0 Å². The first-order chi connectivity index (χ1) is 11.3. The van der Waals surface area contributed by atoms with Gasteiger partial charge in [0.25, 0.3) is 0 Å². The minimum Gasteiger partial charge on any atom is -0.184 e. The molecule has 0 heterocycles. The Balaban J connectivity index is -0.000000306. The van der Waals surface area contributed by atoms with E-state index in [0.717, 1.165) is 0 Å². The van der Waals surface area contributed by atoms with Crippen LogP contribution in [0.1, 0.15) is 31.9 Å². The average molecular weight is 424 g/mol. The monoisotopic (exact) mass is 423 g/mol. The molecule has 0 atom stereocenters. The maximum absolute atomic E-state index is 6.94. The van der Waals surface area contributed by atoms with E-state index in [1.165, 1.54) is 41.7 Å². The van der Waals surface area contributed by atoms with Crippen molar-refractivity contribution in [3.63, 3.8) is 0 Å². The first-order valence-corrected chi connectivity index (χ1v) is 8.76. The van der Waals surface area contributed by atoms with Crippen LogP contribution in [0.3, 0.4) is 0 Å². The van der Waals surface area contributed by atoms with E-state index in [-0.39, 0.29) is 30.4 Å². The number of nitrogens with one attached hydrogen (secondary N) is 1. The Morgan fingerprint density at radius 1 is 0.923 bits per heavy atom. The van der Waals surface area contributed by atoms with Gasteiger partial charge < -0.3 is 5.73 Å². The van der Waals surface area contributed by atoms with Crippen LogP contribution in [0.4, 0.5) is 0 Å². The predicted molar refractivity (Wildman–Crippen MR) is 119 cm³/mol. The van der Waals surface area contributed by atoms with Crippen molar-refractivity contribution in [3.05, 3.63) is 83.6 Å². The van der Waals surface area contributed by atoms with Crippen LogP contribution < -0.4 is 0 Å². The third kappa shape index (κ3) is 14.5. The van der Waals surface area contributed by atoms with Crippen molar-refractivity contribution in [2.45, 2.75) is 40.2 Å². The molecule has 0 saturated carbocycles. The van der Waals surface area contributed by atoms with E-state index in [9.17, 15) is 0 Å². The van der Waals surface area contributed by atoms with Gasteiger partial charge in [-0.1, -0.05) is 40.7 Å². The van der Waals surface area contributed by atoms with Gasteiger partial charge in [0.2, 0.25) is 0 Å². The molecule has 1 nitrogen and oxygen atoms in total. The second-order valence-corrected chi connectivity index (χ2v) is 6.37. The summed E-state index contributed by atoms with van der Waals surface area (Å²) in [5.74, 6) is 0. The Labute approximate surface area is 184 Å². The Kier molecular flexibility index (Phi) is 19.1. The molecule has 0 fully saturated rings. The average Bonchev–Trinajstić information content (AvgIpc) is 2.85. The molecule has 3 aromatic carbocycles. The van der Waals surface area contributed by atoms with Crippen LogP contribution in [0.25, 0.3) is 16.5 Å². The number of fused-ring (bicyclic) bond motifs is 1. The number of hydrogen-bond donors (Lipinski definition) is 0. The van der Waals surface area contributed by atoms with Gasteiger partial charge in [-0.25, -0.2) is 0 Å². The van der Waals surface area contributed by atoms with Gasteiger partial charge in [-0.05, 0) is 0 Å². The zero-order valence-electron chi connectivity index (χ0n) is 16.2. The summed E-state index contributed by atoms with van der Waals surface area (Å²) in [4.78, 5) is 0. The molecule has 0 spiro atoms. The molecule has 141 valence electrons. The number of hydrogen-bond acceptors (Lipinski definition) is 0. The zero-order chi connectivity index (χ0) is 18.6. The molecule has 3 rings (SSSR count). The van der Waals surface area contributed by atoms with Gasteiger partial charge in [-0.3, -0.25) is 0 Å². The van der Waals surface area contributed by atoms with Gasteiger partial charge in [0.15, 0.2) is 0 Å². The molecule has 0 aliphatic rings. The van der Waals surface area contributed by atoms with E-state index in [0.29, 0.717) is 0 Å². The molecule has 0 bridgehead atoms. The minimum atomic E-state index is -0.250. The molecular weight excluding hydrogens is 396 g/mol. The molecule has 0 aliphatic heterocycles. The van der Waals surface area contributed by atoms with Crippen molar-refractivity contribution in [3.8, 4) is 0 Å². The van der Waals surface area contributed by atoms with Crippen molar-refractivity contribution in [2.24, 2.45) is 0 Å². The fourth-order valence-electron chi connectivity index (χ4n) is 1.86. The molecule has 5 heteroatoms. The van der Waals surface area contributed by atoms with E-state index in [1.54, 1.807) is 0 Å². The maximum atomic E-state index is 6.94. The second-order valence-electron chi connectivity index (χ2n) is 6.37. The summed E-state index contributed by atoms with van der Waals surface area (Å²) < 4.78 is 0. The Bertz CT molecular complexity index is 661. The summed E-state index contributed by atoms with van der Waals surface area (Å²) >= 11 is 1.50. The Morgan fingerprint density at radius 2 is 1.38 bits per heavy atom. The van der Waals surface area contributed by atoms with Crippen molar-refractivity contribution in [1.29, 1.82) is 0 Å². The molecule has 26 heavy (non-hydrogen) atoms. The first-order valence-electron chi connectivity index (χ1n) is 7.85. The summed E-state index contributed by atoms with van der Waals surface area (Å²) in [5, 5.41) is 2.76. The quantitative estimate of drug-likeness (QED) is 0.275. The molecule has 0 amide bonds. The number of benzene rings is 2. The third-order valence-electron chi connectivity index (χ3n) is 2.94. The number of rotatable bonds is 0. The first kappa shape index (κ1) is 30.1. The molecular formula is C21H28BCl2NTi-3. The van der Waals surface area contributed by atoms with Crippen molar-refractivity contribution < 1.29 is 19.8 Å². The largest absolute Gasteiger partial charge is 0.184 e. The topological polar surface area (TPSA) is 23.8 Å². The fourth-order valence-corrected chi connectivity index (χ4v) is 1.86. The van der Waals surface area contributed by atoms with Crippen molar-refractivity contribution in [2.75, 3.05) is 0 Å². The predicted octanol–water partition coefficient (Wildman–Crippen LogP) is 6.96. The fraction of sp³-hybridized carbons (Fsp3) is 0.286. The Morgan fingerprint density at radius 3 is 1.73 bits per heavy atom. The zero-order valence-corrected chi connectivity index (χ0v) is 19.4. The van der Waals surface area contributed by atoms with Gasteiger partial charge >= 0.3 is 25.3 Å². The van der Waals surface area contributed by atoms with E-state index in [1.807, 2.05) is 51.1 Å². The van der Waals surface area contributed by atoms with Crippen molar-refractivity contribution in [1.82, 2.24) is 0 Å². The van der Waals surface area contributed by atoms with E-state index < -0.39 is 0 Å². The summed E-state index contributed by atoms with van der Waals surface area (Å²) in [6.07, 6.45) is 0. The van der Waals surface area contributed by atoms with Crippen molar-refractivity contribution >= 4 is 41.2 Å². The van der Waals surface area contributed by atoms with Crippen LogP contribution in [0.5, 0.6) is 0 Å². The molecule has 3 aromatic rings. The van der Waals surface area contributed by atoms with E-state index >= 15 is 0 Å². The van der Waals surface area contributed by atoms with E-state index in [2.05, 4.69) is 55.8 Å². The SMILES string of the molecule is CC(C)(C)[NH-].Cc1[cH-]c2ccccc2c1C.Cl.Cl.[B]=[Ti].[c-]1ccccc1. The summed E-state index contributed by atoms with van der Waals surface area (Å²) in [7, 11) is 0. The summed E-state index contributed by atoms with van der Waals surface area (Å²) in [6, 6.07) is 23.3. The van der Waals surface area contributed by atoms with E-state index in [4.69, 9.17) is 5.73 Å². The molecule has 1 N–H and O–H groups in total. The van der Waals surface area contributed by atoms with Gasteiger partial charge in [0.1, 0.15) is 0 Å². The van der Waals surface area contributed by atoms with Crippen LogP contribution in [0.2, 0.25) is 0 Å². The van der Waals surface area contributed by atoms with Crippen LogP contribution in [0, 0.1) is 19.9 Å². The van der Waals surface area contributed by atoms with Gasteiger partial charge in [-0.2, -0.15) is 42.0 Å². The normalized spacial score (nSPS) is 8.77. The molecule has 0 saturated heterocycles. The van der Waals surface area contributed by atoms with Gasteiger partial charge in [0.05, 0.1) is 0 Å². The van der Waals surface area contributed by atoms with Gasteiger partial charge in [-0.15, -0.1) is 71.0 Å². The van der Waals surface area contributed by atoms with Crippen LogP contribution in [0.15, 0.2) is 60.7 Å².